The Bertz CT molecular complexity index is 685. The summed E-state index contributed by atoms with van der Waals surface area (Å²) in [4.78, 5) is 26.3. The molecule has 0 spiro atoms. The van der Waals surface area contributed by atoms with Gasteiger partial charge in [-0.1, -0.05) is 66.2 Å². The van der Waals surface area contributed by atoms with E-state index in [4.69, 9.17) is 18.9 Å². The van der Waals surface area contributed by atoms with Crippen LogP contribution in [-0.4, -0.2) is 39.4 Å². The van der Waals surface area contributed by atoms with Gasteiger partial charge in [-0.05, 0) is 48.4 Å². The van der Waals surface area contributed by atoms with Crippen LogP contribution >= 0.6 is 0 Å². The molecule has 0 N–H and O–H groups in total. The van der Waals surface area contributed by atoms with Gasteiger partial charge in [-0.2, -0.15) is 0 Å². The molecule has 0 aliphatic heterocycles. The van der Waals surface area contributed by atoms with Gasteiger partial charge >= 0.3 is 11.9 Å². The third-order valence-corrected chi connectivity index (χ3v) is 6.49. The highest BCUT2D eigenvalue weighted by Crippen LogP contribution is 2.28. The lowest BCUT2D eigenvalue weighted by molar-refractivity contribution is -0.163. The van der Waals surface area contributed by atoms with Crippen LogP contribution in [0.1, 0.15) is 84.6 Å². The van der Waals surface area contributed by atoms with Gasteiger partial charge in [0.25, 0.3) is 0 Å². The summed E-state index contributed by atoms with van der Waals surface area (Å²) in [6.45, 7) is 9.14. The van der Waals surface area contributed by atoms with Crippen LogP contribution in [0, 0.1) is 17.8 Å². The average molecular weight is 479 g/mol. The minimum atomic E-state index is -1.05. The highest BCUT2D eigenvalue weighted by atomic mass is 16.6. The third kappa shape index (κ3) is 10.4. The molecule has 0 aromatic heterocycles. The molecular weight excluding hydrogens is 432 g/mol. The number of carbonyl (C=O) groups excluding carboxylic acids is 2. The van der Waals surface area contributed by atoms with E-state index in [1.807, 2.05) is 0 Å². The van der Waals surface area contributed by atoms with Crippen molar-refractivity contribution in [1.82, 2.24) is 0 Å². The van der Waals surface area contributed by atoms with Gasteiger partial charge in [-0.25, -0.2) is 0 Å². The van der Waals surface area contributed by atoms with Crippen molar-refractivity contribution in [1.29, 1.82) is 0 Å². The summed E-state index contributed by atoms with van der Waals surface area (Å²) in [5.74, 6) is -0.301. The molecule has 0 aliphatic rings. The fourth-order valence-electron chi connectivity index (χ4n) is 3.92. The topological polar surface area (TPSA) is 71.1 Å². The molecule has 1 aromatic rings. The molecule has 194 valence electrons. The van der Waals surface area contributed by atoms with Gasteiger partial charge in [-0.3, -0.25) is 9.59 Å². The van der Waals surface area contributed by atoms with Gasteiger partial charge in [0.2, 0.25) is 0 Å². The monoisotopic (exact) mass is 478 g/mol. The number of hydrogen-bond acceptors (Lipinski definition) is 6. The van der Waals surface area contributed by atoms with Crippen molar-refractivity contribution >= 4 is 11.9 Å². The number of unbranched alkanes of at least 4 members (excludes halogenated alkanes) is 2. The predicted octanol–water partition coefficient (Wildman–Crippen LogP) is 6.38. The maximum absolute atomic E-state index is 13.1. The minimum absolute atomic E-state index is 0.134. The standard InChI is InChI=1S/C28H46O6/c1-7-11-13-21(9-3)19-33-27(29)25(28(30)34-20-22(10-4)14-12-8-2)18-23-17-24(31-5)15-16-26(23)32-6/h15-17,21-22,25H,7-14,18-20H2,1-6H3. The lowest BCUT2D eigenvalue weighted by Crippen LogP contribution is -2.32. The second-order valence-corrected chi connectivity index (χ2v) is 9.03. The Morgan fingerprint density at radius 2 is 1.32 bits per heavy atom. The highest BCUT2D eigenvalue weighted by Gasteiger charge is 2.32. The molecule has 0 saturated heterocycles. The van der Waals surface area contributed by atoms with Crippen LogP contribution < -0.4 is 9.47 Å². The van der Waals surface area contributed by atoms with Gasteiger partial charge in [0, 0.05) is 6.42 Å². The number of rotatable bonds is 18. The van der Waals surface area contributed by atoms with Gasteiger partial charge in [-0.15, -0.1) is 0 Å². The summed E-state index contributed by atoms with van der Waals surface area (Å²) in [5, 5.41) is 0. The van der Waals surface area contributed by atoms with Crippen LogP contribution in [-0.2, 0) is 25.5 Å². The van der Waals surface area contributed by atoms with E-state index in [0.717, 1.165) is 51.4 Å². The number of carbonyl (C=O) groups is 2. The van der Waals surface area contributed by atoms with Crippen molar-refractivity contribution in [3.05, 3.63) is 23.8 Å². The SMILES string of the molecule is CCCCC(CC)COC(=O)C(Cc1cc(OC)ccc1OC)C(=O)OCC(CC)CCCC. The lowest BCUT2D eigenvalue weighted by Gasteiger charge is -2.21. The van der Waals surface area contributed by atoms with Gasteiger partial charge in [0.15, 0.2) is 5.92 Å². The second-order valence-electron chi connectivity index (χ2n) is 9.03. The Morgan fingerprint density at radius 3 is 1.74 bits per heavy atom. The molecular formula is C28H46O6. The Balaban J connectivity index is 3.01. The maximum Gasteiger partial charge on any atom is 0.320 e. The minimum Gasteiger partial charge on any atom is -0.497 e. The van der Waals surface area contributed by atoms with Crippen LogP contribution in [0.15, 0.2) is 18.2 Å². The molecule has 6 heteroatoms. The number of benzene rings is 1. The van der Waals surface area contributed by atoms with Crippen molar-refractivity contribution in [2.24, 2.45) is 17.8 Å². The van der Waals surface area contributed by atoms with Crippen molar-refractivity contribution in [3.8, 4) is 11.5 Å². The van der Waals surface area contributed by atoms with Crippen LogP contribution in [0.5, 0.6) is 11.5 Å². The van der Waals surface area contributed by atoms with Gasteiger partial charge < -0.3 is 18.9 Å². The molecule has 0 heterocycles. The summed E-state index contributed by atoms with van der Waals surface area (Å²) in [6, 6.07) is 5.35. The van der Waals surface area contributed by atoms with Crippen LogP contribution in [0.4, 0.5) is 0 Å². The summed E-state index contributed by atoms with van der Waals surface area (Å²) < 4.78 is 22.1. The molecule has 0 fully saturated rings. The fourth-order valence-corrected chi connectivity index (χ4v) is 3.92. The van der Waals surface area contributed by atoms with Crippen molar-refractivity contribution in [3.63, 3.8) is 0 Å². The molecule has 6 nitrogen and oxygen atoms in total. The molecule has 2 atom stereocenters. The third-order valence-electron chi connectivity index (χ3n) is 6.49. The number of hydrogen-bond donors (Lipinski definition) is 0. The van der Waals surface area contributed by atoms with E-state index >= 15 is 0 Å². The molecule has 0 saturated carbocycles. The maximum atomic E-state index is 13.1. The Labute approximate surface area is 206 Å². The molecule has 34 heavy (non-hydrogen) atoms. The summed E-state index contributed by atoms with van der Waals surface area (Å²) in [5.41, 5.74) is 0.705. The van der Waals surface area contributed by atoms with E-state index in [2.05, 4.69) is 27.7 Å². The Hall–Kier alpha value is -2.24. The molecule has 0 amide bonds. The zero-order valence-corrected chi connectivity index (χ0v) is 22.2. The first-order chi connectivity index (χ1) is 16.4. The van der Waals surface area contributed by atoms with Crippen molar-refractivity contribution < 1.29 is 28.5 Å². The Kier molecular flexibility index (Phi) is 15.1. The van der Waals surface area contributed by atoms with Gasteiger partial charge in [0.05, 0.1) is 27.4 Å². The van der Waals surface area contributed by atoms with E-state index in [1.165, 1.54) is 0 Å². The Morgan fingerprint density at radius 1 is 0.794 bits per heavy atom. The molecule has 1 aromatic carbocycles. The summed E-state index contributed by atoms with van der Waals surface area (Å²) in [7, 11) is 3.14. The molecule has 1 rings (SSSR count). The highest BCUT2D eigenvalue weighted by molar-refractivity contribution is 5.95. The molecule has 2 unspecified atom stereocenters. The normalized spacial score (nSPS) is 13.6. The van der Waals surface area contributed by atoms with Crippen molar-refractivity contribution in [2.75, 3.05) is 27.4 Å². The lowest BCUT2D eigenvalue weighted by atomic mass is 9.97. The molecule has 0 aliphatic carbocycles. The first kappa shape index (κ1) is 29.8. The predicted molar refractivity (Wildman–Crippen MR) is 135 cm³/mol. The first-order valence-corrected chi connectivity index (χ1v) is 13.0. The smallest absolute Gasteiger partial charge is 0.320 e. The molecule has 0 bridgehead atoms. The van der Waals surface area contributed by atoms with E-state index < -0.39 is 17.9 Å². The largest absolute Gasteiger partial charge is 0.497 e. The molecule has 0 radical (unpaired) electrons. The van der Waals surface area contributed by atoms with E-state index in [0.29, 0.717) is 42.1 Å². The van der Waals surface area contributed by atoms with Gasteiger partial charge in [0.1, 0.15) is 11.5 Å². The summed E-state index contributed by atoms with van der Waals surface area (Å²) >= 11 is 0. The zero-order chi connectivity index (χ0) is 25.3. The van der Waals surface area contributed by atoms with Crippen LogP contribution in [0.2, 0.25) is 0 Å². The zero-order valence-electron chi connectivity index (χ0n) is 22.2. The second kappa shape index (κ2) is 17.2. The van der Waals surface area contributed by atoms with Crippen LogP contribution in [0.3, 0.4) is 0 Å². The number of methoxy groups -OCH3 is 2. The van der Waals surface area contributed by atoms with E-state index in [9.17, 15) is 9.59 Å². The van der Waals surface area contributed by atoms with Crippen LogP contribution in [0.25, 0.3) is 0 Å². The number of esters is 2. The average Bonchev–Trinajstić information content (AvgIpc) is 2.86. The first-order valence-electron chi connectivity index (χ1n) is 13.0. The van der Waals surface area contributed by atoms with E-state index in [1.54, 1.807) is 32.4 Å². The van der Waals surface area contributed by atoms with E-state index in [-0.39, 0.29) is 6.42 Å². The quantitative estimate of drug-likeness (QED) is 0.180. The number of ether oxygens (including phenoxy) is 4. The summed E-state index contributed by atoms with van der Waals surface area (Å²) in [6.07, 6.45) is 8.41. The fraction of sp³-hybridized carbons (Fsp3) is 0.714. The van der Waals surface area contributed by atoms with Crippen molar-refractivity contribution in [2.45, 2.75) is 85.5 Å².